The first-order chi connectivity index (χ1) is 16.4. The number of aliphatic carboxylic acids is 1. The van der Waals surface area contributed by atoms with Gasteiger partial charge in [-0.1, -0.05) is 6.07 Å². The van der Waals surface area contributed by atoms with Crippen molar-refractivity contribution in [2.24, 2.45) is 10.7 Å². The average Bonchev–Trinajstić information content (AvgIpc) is 2.80. The number of aromatic nitrogens is 2. The van der Waals surface area contributed by atoms with Crippen LogP contribution in [0.3, 0.4) is 0 Å². The number of nitrogens with one attached hydrogen (secondary N) is 1. The Morgan fingerprint density at radius 3 is 2.51 bits per heavy atom. The molecule has 186 valence electrons. The third-order valence-electron chi connectivity index (χ3n) is 6.15. The molecule has 1 aliphatic heterocycles. The van der Waals surface area contributed by atoms with Gasteiger partial charge in [0.15, 0.2) is 0 Å². The highest BCUT2D eigenvalue weighted by Gasteiger charge is 2.46. The zero-order chi connectivity index (χ0) is 25.4. The summed E-state index contributed by atoms with van der Waals surface area (Å²) in [5.74, 6) is -0.725. The second-order valence-corrected chi connectivity index (χ2v) is 9.81. The molecule has 2 aliphatic rings. The number of thioether (sulfide) groups is 1. The van der Waals surface area contributed by atoms with Gasteiger partial charge in [0, 0.05) is 23.8 Å². The molecule has 1 aromatic heterocycles. The van der Waals surface area contributed by atoms with Crippen LogP contribution in [0.4, 0.5) is 24.8 Å². The van der Waals surface area contributed by atoms with Crippen LogP contribution >= 0.6 is 11.8 Å². The summed E-state index contributed by atoms with van der Waals surface area (Å²) in [6.45, 7) is 1.86. The van der Waals surface area contributed by atoms with Crippen LogP contribution < -0.4 is 11.1 Å². The monoisotopic (exact) mass is 507 g/mol. The molecule has 5 N–H and O–H groups in total. The fraction of sp³-hybridized carbons (Fsp3) is 0.391. The highest BCUT2D eigenvalue weighted by molar-refractivity contribution is 8.14. The number of hydrogen-bond donors (Lipinski definition) is 4. The Labute approximate surface area is 203 Å². The zero-order valence-electron chi connectivity index (χ0n) is 18.8. The van der Waals surface area contributed by atoms with Crippen LogP contribution in [-0.2, 0) is 11.0 Å². The minimum absolute atomic E-state index is 0.152. The number of aliphatic hydroxyl groups is 1. The molecule has 1 aliphatic carbocycles. The van der Waals surface area contributed by atoms with Crippen molar-refractivity contribution in [1.29, 1.82) is 0 Å². The number of aliphatic imine (C=N–C) groups is 1. The van der Waals surface area contributed by atoms with Gasteiger partial charge in [-0.15, -0.1) is 11.8 Å². The summed E-state index contributed by atoms with van der Waals surface area (Å²) in [5.41, 5.74) is 5.42. The van der Waals surface area contributed by atoms with Crippen LogP contribution in [0.5, 0.6) is 0 Å². The van der Waals surface area contributed by atoms with Crippen molar-refractivity contribution in [1.82, 2.24) is 9.97 Å². The molecule has 8 nitrogen and oxygen atoms in total. The number of halogens is 3. The van der Waals surface area contributed by atoms with Gasteiger partial charge < -0.3 is 21.3 Å². The summed E-state index contributed by atoms with van der Waals surface area (Å²) in [7, 11) is 0. The first-order valence-corrected chi connectivity index (χ1v) is 11.8. The molecule has 2 heterocycles. The van der Waals surface area contributed by atoms with E-state index in [1.165, 1.54) is 11.8 Å². The highest BCUT2D eigenvalue weighted by atomic mass is 32.2. The van der Waals surface area contributed by atoms with E-state index in [1.54, 1.807) is 18.3 Å². The lowest BCUT2D eigenvalue weighted by atomic mass is 9.75. The number of nitrogens with two attached hydrogens (primary N) is 1. The number of nitrogens with zero attached hydrogens (tertiary/aromatic N) is 3. The summed E-state index contributed by atoms with van der Waals surface area (Å²) in [6.07, 6.45) is -1.14. The first kappa shape index (κ1) is 25.1. The van der Waals surface area contributed by atoms with E-state index in [-0.39, 0.29) is 31.6 Å². The second-order valence-electron chi connectivity index (χ2n) is 8.85. The molecule has 1 fully saturated rings. The largest absolute Gasteiger partial charge is 0.480 e. The molecule has 0 unspecified atom stereocenters. The van der Waals surface area contributed by atoms with Gasteiger partial charge in [0.25, 0.3) is 0 Å². The van der Waals surface area contributed by atoms with Crippen LogP contribution in [0, 0.1) is 6.92 Å². The van der Waals surface area contributed by atoms with Crippen molar-refractivity contribution in [2.75, 3.05) is 11.1 Å². The Morgan fingerprint density at radius 2 is 1.91 bits per heavy atom. The van der Waals surface area contributed by atoms with Crippen LogP contribution in [-0.4, -0.2) is 48.1 Å². The summed E-state index contributed by atoms with van der Waals surface area (Å²) < 4.78 is 38.9. The van der Waals surface area contributed by atoms with E-state index < -0.39 is 29.0 Å². The fourth-order valence-electron chi connectivity index (χ4n) is 4.05. The normalized spacial score (nSPS) is 25.0. The summed E-state index contributed by atoms with van der Waals surface area (Å²) in [5, 5.41) is 23.7. The lowest BCUT2D eigenvalue weighted by Gasteiger charge is -2.40. The molecule has 35 heavy (non-hydrogen) atoms. The average molecular weight is 508 g/mol. The van der Waals surface area contributed by atoms with Gasteiger partial charge in [-0.05, 0) is 67.5 Å². The molecule has 0 radical (unpaired) electrons. The SMILES string of the molecule is Cc1cc(Nc2nccc(C(F)(F)F)n2)cc(C2=CN=C(C3(O)CCC(N)(C(=O)O)CC3)SC2)c1. The van der Waals surface area contributed by atoms with Gasteiger partial charge in [-0.25, -0.2) is 9.97 Å². The van der Waals surface area contributed by atoms with E-state index >= 15 is 0 Å². The molecule has 0 spiro atoms. The predicted molar refractivity (Wildman–Crippen MR) is 127 cm³/mol. The summed E-state index contributed by atoms with van der Waals surface area (Å²) in [4.78, 5) is 23.3. The van der Waals surface area contributed by atoms with E-state index in [4.69, 9.17) is 5.73 Å². The number of aryl methyl sites for hydroxylation is 1. The third kappa shape index (κ3) is 5.49. The topological polar surface area (TPSA) is 134 Å². The second kappa shape index (κ2) is 9.25. The van der Waals surface area contributed by atoms with Crippen molar-refractivity contribution in [2.45, 2.75) is 49.9 Å². The number of anilines is 2. The molecule has 0 atom stereocenters. The van der Waals surface area contributed by atoms with Crippen LogP contribution in [0.25, 0.3) is 5.57 Å². The molecular weight excluding hydrogens is 483 g/mol. The number of carboxylic acids is 1. The summed E-state index contributed by atoms with van der Waals surface area (Å²) >= 11 is 1.37. The van der Waals surface area contributed by atoms with Gasteiger partial charge in [-0.3, -0.25) is 9.79 Å². The maximum atomic E-state index is 13.0. The van der Waals surface area contributed by atoms with Crippen LogP contribution in [0.2, 0.25) is 0 Å². The van der Waals surface area contributed by atoms with Crippen LogP contribution in [0.1, 0.15) is 42.5 Å². The number of hydrogen-bond acceptors (Lipinski definition) is 8. The van der Waals surface area contributed by atoms with Crippen molar-refractivity contribution in [3.63, 3.8) is 0 Å². The Bertz CT molecular complexity index is 1210. The van der Waals surface area contributed by atoms with Crippen molar-refractivity contribution in [3.05, 3.63) is 53.5 Å². The lowest BCUT2D eigenvalue weighted by Crippen LogP contribution is -2.55. The van der Waals surface area contributed by atoms with Gasteiger partial charge >= 0.3 is 12.1 Å². The van der Waals surface area contributed by atoms with E-state index in [0.29, 0.717) is 16.5 Å². The molecule has 0 bridgehead atoms. The quantitative estimate of drug-likeness (QED) is 0.475. The third-order valence-corrected chi connectivity index (χ3v) is 7.36. The smallest absolute Gasteiger partial charge is 0.433 e. The molecule has 0 saturated heterocycles. The molecule has 2 aromatic rings. The Kier molecular flexibility index (Phi) is 6.64. The van der Waals surface area contributed by atoms with Crippen molar-refractivity contribution >= 4 is 40.0 Å². The zero-order valence-corrected chi connectivity index (χ0v) is 19.6. The minimum atomic E-state index is -4.57. The minimum Gasteiger partial charge on any atom is -0.480 e. The summed E-state index contributed by atoms with van der Waals surface area (Å²) in [6, 6.07) is 6.27. The van der Waals surface area contributed by atoms with E-state index in [2.05, 4.69) is 20.3 Å². The predicted octanol–water partition coefficient (Wildman–Crippen LogP) is 4.12. The molecule has 0 amide bonds. The van der Waals surface area contributed by atoms with Gasteiger partial charge in [0.1, 0.15) is 21.9 Å². The lowest BCUT2D eigenvalue weighted by molar-refractivity contribution is -0.146. The Balaban J connectivity index is 1.52. The van der Waals surface area contributed by atoms with E-state index in [1.807, 2.05) is 13.0 Å². The van der Waals surface area contributed by atoms with Gasteiger partial charge in [-0.2, -0.15) is 13.2 Å². The van der Waals surface area contributed by atoms with Crippen molar-refractivity contribution in [3.8, 4) is 0 Å². The standard InChI is InChI=1S/C23H24F3N5O3S/c1-13-8-14(10-16(9-13)30-20-28-7-2-17(31-20)23(24,25)26)15-11-29-18(35-12-15)22(34)5-3-21(27,4-6-22)19(32)33/h2,7-11,34H,3-6,12,27H2,1H3,(H,32,33)(H,28,30,31). The maximum Gasteiger partial charge on any atom is 0.433 e. The number of carbonyl (C=O) groups is 1. The maximum absolute atomic E-state index is 13.0. The fourth-order valence-corrected chi connectivity index (χ4v) is 5.19. The highest BCUT2D eigenvalue weighted by Crippen LogP contribution is 2.40. The van der Waals surface area contributed by atoms with Gasteiger partial charge in [0.05, 0.1) is 0 Å². The Hall–Kier alpha value is -2.96. The number of benzene rings is 1. The van der Waals surface area contributed by atoms with E-state index in [9.17, 15) is 28.2 Å². The van der Waals surface area contributed by atoms with Gasteiger partial charge in [0.2, 0.25) is 5.95 Å². The molecule has 12 heteroatoms. The molecular formula is C23H24F3N5O3S. The molecule has 1 aromatic carbocycles. The van der Waals surface area contributed by atoms with Crippen LogP contribution in [0.15, 0.2) is 41.7 Å². The Morgan fingerprint density at radius 1 is 1.20 bits per heavy atom. The molecule has 1 saturated carbocycles. The number of rotatable bonds is 5. The number of alkyl halides is 3. The molecule has 4 rings (SSSR count). The number of carboxylic acid groups (broad SMARTS) is 1. The van der Waals surface area contributed by atoms with E-state index in [0.717, 1.165) is 29.0 Å². The van der Waals surface area contributed by atoms with Crippen molar-refractivity contribution < 1.29 is 28.2 Å². The first-order valence-electron chi connectivity index (χ1n) is 10.8.